The summed E-state index contributed by atoms with van der Waals surface area (Å²) >= 11 is 0. The molecule has 0 saturated carbocycles. The maximum Gasteiger partial charge on any atom is 0.419 e. The van der Waals surface area contributed by atoms with Crippen LogP contribution in [-0.2, 0) is 17.1 Å². The minimum Gasteiger partial charge on any atom is -0.408 e. The molecule has 0 atom stereocenters. The van der Waals surface area contributed by atoms with E-state index in [-0.39, 0.29) is 10.5 Å². The van der Waals surface area contributed by atoms with E-state index in [9.17, 15) is 13.2 Å². The Hall–Kier alpha value is -3.47. The topological polar surface area (TPSA) is 125 Å². The first kappa shape index (κ1) is 17.0. The van der Waals surface area contributed by atoms with Gasteiger partial charge >= 0.3 is 5.76 Å². The number of hydrogen-bond acceptors (Lipinski definition) is 7. The van der Waals surface area contributed by atoms with E-state index in [0.717, 1.165) is 0 Å². The fourth-order valence-corrected chi connectivity index (χ4v) is 3.73. The van der Waals surface area contributed by atoms with Gasteiger partial charge in [0.2, 0.25) is 0 Å². The molecule has 0 radical (unpaired) electrons. The first-order valence-corrected chi connectivity index (χ1v) is 9.31. The van der Waals surface area contributed by atoms with Crippen LogP contribution in [-0.4, -0.2) is 33.2 Å². The molecule has 0 fully saturated rings. The highest BCUT2D eigenvalue weighted by molar-refractivity contribution is 7.92. The zero-order chi connectivity index (χ0) is 19.2. The fourth-order valence-electron chi connectivity index (χ4n) is 2.67. The molecular formula is C16H14N6O4S. The monoisotopic (exact) mass is 386 g/mol. The number of sulfonamides is 1. The van der Waals surface area contributed by atoms with Gasteiger partial charge in [-0.1, -0.05) is 6.07 Å². The van der Waals surface area contributed by atoms with Crippen molar-refractivity contribution in [1.29, 1.82) is 0 Å². The zero-order valence-corrected chi connectivity index (χ0v) is 15.1. The van der Waals surface area contributed by atoms with Crippen LogP contribution in [0.1, 0.15) is 5.82 Å². The van der Waals surface area contributed by atoms with Crippen LogP contribution in [0.2, 0.25) is 0 Å². The van der Waals surface area contributed by atoms with Crippen LogP contribution in [0.15, 0.2) is 56.6 Å². The molecule has 0 unspecified atom stereocenters. The number of aryl methyl sites for hydroxylation is 2. The van der Waals surface area contributed by atoms with Gasteiger partial charge in [0.05, 0.1) is 21.8 Å². The third-order valence-electron chi connectivity index (χ3n) is 4.04. The molecule has 0 aliphatic rings. The van der Waals surface area contributed by atoms with Gasteiger partial charge in [0.15, 0.2) is 11.4 Å². The summed E-state index contributed by atoms with van der Waals surface area (Å²) in [5.74, 6) is 0.0107. The molecule has 1 N–H and O–H groups in total. The van der Waals surface area contributed by atoms with Crippen molar-refractivity contribution in [3.8, 4) is 5.69 Å². The predicted octanol–water partition coefficient (Wildman–Crippen LogP) is 1.22. The van der Waals surface area contributed by atoms with Crippen molar-refractivity contribution in [3.05, 3.63) is 58.8 Å². The van der Waals surface area contributed by atoms with E-state index in [0.29, 0.717) is 22.7 Å². The molecule has 0 aliphatic heterocycles. The fraction of sp³-hybridized carbons (Fsp3) is 0.125. The smallest absolute Gasteiger partial charge is 0.408 e. The average molecular weight is 386 g/mol. The number of rotatable bonds is 4. The molecule has 0 bridgehead atoms. The lowest BCUT2D eigenvalue weighted by atomic mass is 10.3. The number of aromatic nitrogens is 5. The Morgan fingerprint density at radius 2 is 1.96 bits per heavy atom. The van der Waals surface area contributed by atoms with Crippen molar-refractivity contribution in [2.24, 2.45) is 7.05 Å². The molecule has 2 heterocycles. The van der Waals surface area contributed by atoms with Gasteiger partial charge in [-0.3, -0.25) is 9.29 Å². The first-order valence-electron chi connectivity index (χ1n) is 7.83. The molecule has 0 amide bonds. The van der Waals surface area contributed by atoms with Crippen LogP contribution in [0.25, 0.3) is 16.8 Å². The molecule has 4 rings (SSSR count). The largest absolute Gasteiger partial charge is 0.419 e. The number of tetrazole rings is 1. The Morgan fingerprint density at radius 1 is 1.15 bits per heavy atom. The Bertz CT molecular complexity index is 1320. The zero-order valence-electron chi connectivity index (χ0n) is 14.3. The number of anilines is 1. The van der Waals surface area contributed by atoms with Gasteiger partial charge in [0.25, 0.3) is 10.0 Å². The van der Waals surface area contributed by atoms with Crippen molar-refractivity contribution < 1.29 is 12.8 Å². The Kier molecular flexibility index (Phi) is 3.81. The van der Waals surface area contributed by atoms with E-state index in [2.05, 4.69) is 20.2 Å². The van der Waals surface area contributed by atoms with E-state index in [1.54, 1.807) is 38.2 Å². The maximum absolute atomic E-state index is 12.7. The van der Waals surface area contributed by atoms with E-state index in [4.69, 9.17) is 4.42 Å². The second-order valence-corrected chi connectivity index (χ2v) is 7.53. The van der Waals surface area contributed by atoms with Gasteiger partial charge < -0.3 is 4.42 Å². The highest BCUT2D eigenvalue weighted by Gasteiger charge is 2.17. The molecule has 138 valence electrons. The van der Waals surface area contributed by atoms with Crippen molar-refractivity contribution in [2.45, 2.75) is 11.8 Å². The summed E-state index contributed by atoms with van der Waals surface area (Å²) in [6, 6.07) is 10.9. The molecule has 10 nitrogen and oxygen atoms in total. The molecule has 0 saturated heterocycles. The van der Waals surface area contributed by atoms with Crippen molar-refractivity contribution in [3.63, 3.8) is 0 Å². The molecule has 27 heavy (non-hydrogen) atoms. The van der Waals surface area contributed by atoms with E-state index >= 15 is 0 Å². The lowest BCUT2D eigenvalue weighted by Crippen LogP contribution is -2.13. The number of nitrogens with one attached hydrogen (secondary N) is 1. The first-order chi connectivity index (χ1) is 12.8. The highest BCUT2D eigenvalue weighted by Crippen LogP contribution is 2.22. The van der Waals surface area contributed by atoms with Crippen molar-refractivity contribution in [1.82, 2.24) is 24.8 Å². The number of nitrogens with zero attached hydrogens (tertiary/aromatic N) is 5. The average Bonchev–Trinajstić information content (AvgIpc) is 3.18. The van der Waals surface area contributed by atoms with Crippen LogP contribution < -0.4 is 10.5 Å². The SMILES string of the molecule is Cc1nnnn1-c1cccc(NS(=O)(=O)c2ccc3c(c2)oc(=O)n3C)c1. The van der Waals surface area contributed by atoms with Gasteiger partial charge in [-0.05, 0) is 47.7 Å². The number of benzene rings is 2. The summed E-state index contributed by atoms with van der Waals surface area (Å²) in [6.07, 6.45) is 0. The molecule has 0 aliphatic carbocycles. The van der Waals surface area contributed by atoms with Crippen LogP contribution in [0.3, 0.4) is 0 Å². The molecule has 2 aromatic heterocycles. The highest BCUT2D eigenvalue weighted by atomic mass is 32.2. The Morgan fingerprint density at radius 3 is 2.70 bits per heavy atom. The van der Waals surface area contributed by atoms with Gasteiger partial charge in [-0.2, -0.15) is 4.68 Å². The number of oxazole rings is 1. The lowest BCUT2D eigenvalue weighted by Gasteiger charge is -2.10. The summed E-state index contributed by atoms with van der Waals surface area (Å²) in [7, 11) is -2.34. The third-order valence-corrected chi connectivity index (χ3v) is 5.42. The third kappa shape index (κ3) is 2.97. The maximum atomic E-state index is 12.7. The second-order valence-electron chi connectivity index (χ2n) is 5.85. The number of hydrogen-bond donors (Lipinski definition) is 1. The minimum absolute atomic E-state index is 0.0200. The number of fused-ring (bicyclic) bond motifs is 1. The van der Waals surface area contributed by atoms with E-state index in [1.165, 1.54) is 27.4 Å². The molecule has 11 heteroatoms. The van der Waals surface area contributed by atoms with Crippen molar-refractivity contribution >= 4 is 26.8 Å². The summed E-state index contributed by atoms with van der Waals surface area (Å²) in [5.41, 5.74) is 1.66. The molecular weight excluding hydrogens is 372 g/mol. The molecule has 4 aromatic rings. The van der Waals surface area contributed by atoms with Crippen LogP contribution in [0.5, 0.6) is 0 Å². The van der Waals surface area contributed by atoms with E-state index < -0.39 is 15.8 Å². The van der Waals surface area contributed by atoms with Gasteiger partial charge in [0, 0.05) is 13.1 Å². The summed E-state index contributed by atoms with van der Waals surface area (Å²) in [5, 5.41) is 11.2. The quantitative estimate of drug-likeness (QED) is 0.559. The van der Waals surface area contributed by atoms with Crippen molar-refractivity contribution in [2.75, 3.05) is 4.72 Å². The van der Waals surface area contributed by atoms with Crippen LogP contribution in [0, 0.1) is 6.92 Å². The predicted molar refractivity (Wildman–Crippen MR) is 96.2 cm³/mol. The Labute approximate surface area is 153 Å². The van der Waals surface area contributed by atoms with Gasteiger partial charge in [-0.25, -0.2) is 13.2 Å². The van der Waals surface area contributed by atoms with E-state index in [1.807, 2.05) is 0 Å². The Balaban J connectivity index is 1.70. The normalized spacial score (nSPS) is 11.8. The van der Waals surface area contributed by atoms with Crippen LogP contribution in [0.4, 0.5) is 5.69 Å². The van der Waals surface area contributed by atoms with Gasteiger partial charge in [0.1, 0.15) is 0 Å². The minimum atomic E-state index is -3.89. The summed E-state index contributed by atoms with van der Waals surface area (Å²) < 4.78 is 35.8. The molecule has 2 aromatic carbocycles. The lowest BCUT2D eigenvalue weighted by molar-refractivity contribution is 0.527. The summed E-state index contributed by atoms with van der Waals surface area (Å²) in [6.45, 7) is 1.74. The molecule has 0 spiro atoms. The second kappa shape index (κ2) is 6.06. The standard InChI is InChI=1S/C16H14N6O4S/c1-10-17-19-20-22(10)12-5-3-4-11(8-12)18-27(24,25)13-6-7-14-15(9-13)26-16(23)21(14)2/h3-9,18H,1-2H3. The van der Waals surface area contributed by atoms with Gasteiger partial charge in [-0.15, -0.1) is 5.10 Å². The summed E-state index contributed by atoms with van der Waals surface area (Å²) in [4.78, 5) is 11.6. The van der Waals surface area contributed by atoms with Crippen LogP contribution >= 0.6 is 0 Å².